The molecule has 1 saturated heterocycles. The van der Waals surface area contributed by atoms with Crippen LogP contribution < -0.4 is 5.32 Å². The van der Waals surface area contributed by atoms with E-state index in [-0.39, 0.29) is 0 Å². The Morgan fingerprint density at radius 1 is 1.05 bits per heavy atom. The van der Waals surface area contributed by atoms with Crippen LogP contribution in [0.5, 0.6) is 0 Å². The molecule has 19 heavy (non-hydrogen) atoms. The Kier molecular flexibility index (Phi) is 4.13. The van der Waals surface area contributed by atoms with E-state index in [1.807, 2.05) is 0 Å². The number of hydrogen-bond acceptors (Lipinski definition) is 3. The lowest BCUT2D eigenvalue weighted by Crippen LogP contribution is -2.33. The zero-order valence-electron chi connectivity index (χ0n) is 11.6. The van der Waals surface area contributed by atoms with Crippen LogP contribution in [0.2, 0.25) is 0 Å². The van der Waals surface area contributed by atoms with E-state index in [1.165, 1.54) is 43.5 Å². The fraction of sp³-hybridized carbons (Fsp3) is 0.562. The molecule has 0 aliphatic carbocycles. The van der Waals surface area contributed by atoms with Crippen LogP contribution in [0.25, 0.3) is 0 Å². The number of nitrogens with one attached hydrogen (secondary N) is 1. The first-order chi connectivity index (χ1) is 9.43. The highest BCUT2D eigenvalue weighted by Gasteiger charge is 2.15. The number of amidine groups is 1. The maximum Gasteiger partial charge on any atom is 0.128 e. The summed E-state index contributed by atoms with van der Waals surface area (Å²) in [6, 6.07) is 8.72. The molecule has 0 atom stereocenters. The monoisotopic (exact) mass is 257 g/mol. The van der Waals surface area contributed by atoms with Gasteiger partial charge in [-0.25, -0.2) is 0 Å². The molecule has 0 radical (unpaired) electrons. The largest absolute Gasteiger partial charge is 0.370 e. The normalized spacial score (nSPS) is 20.7. The molecule has 3 heteroatoms. The number of hydrogen-bond donors (Lipinski definition) is 1. The molecular formula is C16H23N3. The van der Waals surface area contributed by atoms with E-state index < -0.39 is 0 Å². The minimum absolute atomic E-state index is 0.959. The van der Waals surface area contributed by atoms with Gasteiger partial charge in [0.25, 0.3) is 0 Å². The van der Waals surface area contributed by atoms with Gasteiger partial charge in [-0.3, -0.25) is 9.89 Å². The Morgan fingerprint density at radius 2 is 1.89 bits per heavy atom. The van der Waals surface area contributed by atoms with Crippen LogP contribution in [-0.2, 0) is 6.54 Å². The second kappa shape index (κ2) is 6.20. The van der Waals surface area contributed by atoms with Crippen LogP contribution >= 0.6 is 0 Å². The van der Waals surface area contributed by atoms with Crippen molar-refractivity contribution in [3.05, 3.63) is 35.4 Å². The Hall–Kier alpha value is -1.35. The van der Waals surface area contributed by atoms with E-state index in [1.54, 1.807) is 0 Å². The first kappa shape index (κ1) is 12.7. The molecule has 2 aliphatic heterocycles. The van der Waals surface area contributed by atoms with E-state index in [0.29, 0.717) is 0 Å². The summed E-state index contributed by atoms with van der Waals surface area (Å²) in [5.74, 6) is 1.10. The molecule has 2 heterocycles. The lowest BCUT2D eigenvalue weighted by Gasteiger charge is -2.27. The predicted molar refractivity (Wildman–Crippen MR) is 79.6 cm³/mol. The van der Waals surface area contributed by atoms with Crippen molar-refractivity contribution in [3.8, 4) is 0 Å². The SMILES string of the molecule is c1ccc(C2=NCCCN2)c(CN2CCCCC2)c1. The lowest BCUT2D eigenvalue weighted by molar-refractivity contribution is 0.221. The molecular weight excluding hydrogens is 234 g/mol. The number of nitrogens with zero attached hydrogens (tertiary/aromatic N) is 2. The van der Waals surface area contributed by atoms with E-state index in [2.05, 4.69) is 39.5 Å². The standard InChI is InChI=1S/C16H23N3/c1-4-11-19(12-5-1)13-14-7-2-3-8-15(14)16-17-9-6-10-18-16/h2-3,7-8H,1,4-6,9-13H2,(H,17,18). The predicted octanol–water partition coefficient (Wildman–Crippen LogP) is 2.41. The summed E-state index contributed by atoms with van der Waals surface area (Å²) in [6.45, 7) is 5.57. The molecule has 0 unspecified atom stereocenters. The molecule has 1 aromatic rings. The van der Waals surface area contributed by atoms with Gasteiger partial charge in [-0.05, 0) is 37.9 Å². The molecule has 0 bridgehead atoms. The maximum absolute atomic E-state index is 4.64. The smallest absolute Gasteiger partial charge is 0.128 e. The van der Waals surface area contributed by atoms with Crippen molar-refractivity contribution in [2.24, 2.45) is 4.99 Å². The average molecular weight is 257 g/mol. The van der Waals surface area contributed by atoms with Crippen molar-refractivity contribution < 1.29 is 0 Å². The van der Waals surface area contributed by atoms with Crippen molar-refractivity contribution in [2.75, 3.05) is 26.2 Å². The van der Waals surface area contributed by atoms with Crippen molar-refractivity contribution in [3.63, 3.8) is 0 Å². The minimum atomic E-state index is 0.959. The van der Waals surface area contributed by atoms with E-state index in [0.717, 1.165) is 31.9 Å². The summed E-state index contributed by atoms with van der Waals surface area (Å²) in [5.41, 5.74) is 2.71. The Morgan fingerprint density at radius 3 is 2.68 bits per heavy atom. The van der Waals surface area contributed by atoms with Crippen molar-refractivity contribution in [2.45, 2.75) is 32.2 Å². The molecule has 3 rings (SSSR count). The van der Waals surface area contributed by atoms with Crippen molar-refractivity contribution >= 4 is 5.84 Å². The summed E-state index contributed by atoms with van der Waals surface area (Å²) in [4.78, 5) is 7.22. The molecule has 102 valence electrons. The third kappa shape index (κ3) is 3.16. The van der Waals surface area contributed by atoms with Crippen LogP contribution in [0.1, 0.15) is 36.8 Å². The zero-order valence-corrected chi connectivity index (χ0v) is 11.6. The van der Waals surface area contributed by atoms with Crippen LogP contribution in [0.3, 0.4) is 0 Å². The van der Waals surface area contributed by atoms with Crippen LogP contribution in [0.15, 0.2) is 29.3 Å². The molecule has 0 aromatic heterocycles. The molecule has 2 aliphatic rings. The number of piperidine rings is 1. The Labute approximate surface area is 115 Å². The van der Waals surface area contributed by atoms with E-state index in [4.69, 9.17) is 0 Å². The highest BCUT2D eigenvalue weighted by Crippen LogP contribution is 2.17. The van der Waals surface area contributed by atoms with Gasteiger partial charge in [-0.2, -0.15) is 0 Å². The van der Waals surface area contributed by atoms with Gasteiger partial charge < -0.3 is 5.32 Å². The van der Waals surface area contributed by atoms with Crippen LogP contribution in [0, 0.1) is 0 Å². The number of aliphatic imine (C=N–C) groups is 1. The summed E-state index contributed by atoms with van der Waals surface area (Å²) in [7, 11) is 0. The highest BCUT2D eigenvalue weighted by molar-refractivity contribution is 6.00. The van der Waals surface area contributed by atoms with Gasteiger partial charge in [0.05, 0.1) is 0 Å². The van der Waals surface area contributed by atoms with Gasteiger partial charge >= 0.3 is 0 Å². The van der Waals surface area contributed by atoms with Gasteiger partial charge in [0.15, 0.2) is 0 Å². The fourth-order valence-electron chi connectivity index (χ4n) is 2.96. The zero-order chi connectivity index (χ0) is 12.9. The molecule has 1 aromatic carbocycles. The topological polar surface area (TPSA) is 27.6 Å². The molecule has 0 amide bonds. The summed E-state index contributed by atoms with van der Waals surface area (Å²) in [5, 5.41) is 3.44. The van der Waals surface area contributed by atoms with Gasteiger partial charge in [-0.15, -0.1) is 0 Å². The molecule has 0 saturated carbocycles. The van der Waals surface area contributed by atoms with Gasteiger partial charge in [-0.1, -0.05) is 30.7 Å². The Balaban J connectivity index is 1.78. The first-order valence-corrected chi connectivity index (χ1v) is 7.52. The molecule has 0 spiro atoms. The first-order valence-electron chi connectivity index (χ1n) is 7.52. The third-order valence-corrected chi connectivity index (χ3v) is 4.01. The molecule has 3 nitrogen and oxygen atoms in total. The van der Waals surface area contributed by atoms with E-state index in [9.17, 15) is 0 Å². The van der Waals surface area contributed by atoms with Crippen molar-refractivity contribution in [1.82, 2.24) is 10.2 Å². The number of rotatable bonds is 3. The van der Waals surface area contributed by atoms with Gasteiger partial charge in [0, 0.05) is 25.2 Å². The van der Waals surface area contributed by atoms with E-state index >= 15 is 0 Å². The summed E-state index contributed by atoms with van der Waals surface area (Å²) in [6.07, 6.45) is 5.24. The molecule has 1 fully saturated rings. The number of likely N-dealkylation sites (tertiary alicyclic amines) is 1. The average Bonchev–Trinajstić information content (AvgIpc) is 2.50. The highest BCUT2D eigenvalue weighted by atomic mass is 15.1. The van der Waals surface area contributed by atoms with Gasteiger partial charge in [0.1, 0.15) is 5.84 Å². The summed E-state index contributed by atoms with van der Waals surface area (Å²) >= 11 is 0. The molecule has 1 N–H and O–H groups in total. The van der Waals surface area contributed by atoms with Crippen molar-refractivity contribution in [1.29, 1.82) is 0 Å². The fourth-order valence-corrected chi connectivity index (χ4v) is 2.96. The maximum atomic E-state index is 4.64. The van der Waals surface area contributed by atoms with Gasteiger partial charge in [0.2, 0.25) is 0 Å². The third-order valence-electron chi connectivity index (χ3n) is 4.01. The van der Waals surface area contributed by atoms with Crippen LogP contribution in [-0.4, -0.2) is 36.9 Å². The lowest BCUT2D eigenvalue weighted by atomic mass is 10.0. The van der Waals surface area contributed by atoms with Crippen LogP contribution in [0.4, 0.5) is 0 Å². The summed E-state index contributed by atoms with van der Waals surface area (Å²) < 4.78 is 0. The quantitative estimate of drug-likeness (QED) is 0.900. The Bertz CT molecular complexity index is 447. The second-order valence-electron chi connectivity index (χ2n) is 5.50. The minimum Gasteiger partial charge on any atom is -0.370 e. The second-order valence-corrected chi connectivity index (χ2v) is 5.50. The number of benzene rings is 1.